The fourth-order valence-electron chi connectivity index (χ4n) is 3.83. The van der Waals surface area contributed by atoms with Crippen molar-refractivity contribution in [2.75, 3.05) is 95.4 Å². The van der Waals surface area contributed by atoms with Gasteiger partial charge in [0, 0.05) is 65.0 Å². The van der Waals surface area contributed by atoms with Gasteiger partial charge in [-0.25, -0.2) is 0 Å². The van der Waals surface area contributed by atoms with Gasteiger partial charge < -0.3 is 35.0 Å². The standard InChI is InChI=1S/C18H32N6O3/c1-22(3-6-26-2)10-14-11-24(12-15(14)13-25)17-9-16(20-18(19)21-17)23-4-7-27-8-5-23/h9,14-15,25H,3-8,10-13H2,1-2H3,(H2,19,20,21)/t14-,15-/m1/s1. The first kappa shape index (κ1) is 20.1. The van der Waals surface area contributed by atoms with E-state index in [2.05, 4.69) is 31.7 Å². The van der Waals surface area contributed by atoms with Gasteiger partial charge in [-0.15, -0.1) is 0 Å². The number of likely N-dealkylation sites (N-methyl/N-ethyl adjacent to an activating group) is 1. The zero-order chi connectivity index (χ0) is 19.2. The topological polar surface area (TPSA) is 100 Å². The molecule has 0 unspecified atom stereocenters. The third-order valence-corrected chi connectivity index (χ3v) is 5.41. The molecule has 27 heavy (non-hydrogen) atoms. The Morgan fingerprint density at radius 1 is 1.22 bits per heavy atom. The van der Waals surface area contributed by atoms with E-state index in [9.17, 15) is 5.11 Å². The van der Waals surface area contributed by atoms with Crippen molar-refractivity contribution in [2.45, 2.75) is 0 Å². The number of hydrogen-bond donors (Lipinski definition) is 2. The predicted octanol–water partition coefficient (Wildman–Crippen LogP) is -0.482. The monoisotopic (exact) mass is 380 g/mol. The molecule has 9 nitrogen and oxygen atoms in total. The Hall–Kier alpha value is -1.68. The maximum atomic E-state index is 9.85. The average molecular weight is 380 g/mol. The van der Waals surface area contributed by atoms with Crippen LogP contribution in [0.2, 0.25) is 0 Å². The lowest BCUT2D eigenvalue weighted by Crippen LogP contribution is -2.37. The number of aliphatic hydroxyl groups excluding tert-OH is 1. The molecule has 2 saturated heterocycles. The van der Waals surface area contributed by atoms with Gasteiger partial charge in [-0.1, -0.05) is 0 Å². The highest BCUT2D eigenvalue weighted by Gasteiger charge is 2.34. The van der Waals surface area contributed by atoms with Gasteiger partial charge in [0.05, 0.1) is 19.8 Å². The van der Waals surface area contributed by atoms with Gasteiger partial charge in [0.2, 0.25) is 5.95 Å². The molecule has 0 amide bonds. The molecule has 0 spiro atoms. The van der Waals surface area contributed by atoms with E-state index in [1.54, 1.807) is 7.11 Å². The molecule has 0 aliphatic carbocycles. The van der Waals surface area contributed by atoms with Crippen molar-refractivity contribution in [3.63, 3.8) is 0 Å². The number of aliphatic hydroxyl groups is 1. The number of hydrogen-bond acceptors (Lipinski definition) is 9. The Balaban J connectivity index is 1.69. The minimum Gasteiger partial charge on any atom is -0.396 e. The summed E-state index contributed by atoms with van der Waals surface area (Å²) in [6, 6.07) is 2.01. The number of morpholine rings is 1. The molecule has 3 N–H and O–H groups in total. The lowest BCUT2D eigenvalue weighted by atomic mass is 9.96. The number of nitrogens with two attached hydrogens (primary N) is 1. The molecule has 2 atom stereocenters. The largest absolute Gasteiger partial charge is 0.396 e. The fourth-order valence-corrected chi connectivity index (χ4v) is 3.83. The third kappa shape index (κ3) is 5.19. The van der Waals surface area contributed by atoms with Gasteiger partial charge in [-0.2, -0.15) is 9.97 Å². The summed E-state index contributed by atoms with van der Waals surface area (Å²) in [7, 11) is 3.81. The van der Waals surface area contributed by atoms with E-state index in [1.165, 1.54) is 0 Å². The van der Waals surface area contributed by atoms with Crippen LogP contribution in [0.15, 0.2) is 6.07 Å². The number of nitrogen functional groups attached to an aromatic ring is 1. The Labute approximate surface area is 161 Å². The molecule has 3 rings (SSSR count). The SMILES string of the molecule is COCCN(C)C[C@@H]1CN(c2cc(N3CCOCC3)nc(N)n2)C[C@@H]1CO. The van der Waals surface area contributed by atoms with Crippen LogP contribution in [-0.4, -0.2) is 99.8 Å². The summed E-state index contributed by atoms with van der Waals surface area (Å²) in [5.41, 5.74) is 5.99. The maximum Gasteiger partial charge on any atom is 0.223 e. The van der Waals surface area contributed by atoms with E-state index in [4.69, 9.17) is 15.2 Å². The van der Waals surface area contributed by atoms with Gasteiger partial charge in [-0.05, 0) is 13.0 Å². The van der Waals surface area contributed by atoms with Gasteiger partial charge in [0.25, 0.3) is 0 Å². The molecule has 3 heterocycles. The first-order chi connectivity index (χ1) is 13.1. The summed E-state index contributed by atoms with van der Waals surface area (Å²) >= 11 is 0. The predicted molar refractivity (Wildman–Crippen MR) is 105 cm³/mol. The van der Waals surface area contributed by atoms with Crippen LogP contribution in [0.3, 0.4) is 0 Å². The van der Waals surface area contributed by atoms with Crippen LogP contribution in [0.4, 0.5) is 17.6 Å². The van der Waals surface area contributed by atoms with Crippen molar-refractivity contribution in [2.24, 2.45) is 11.8 Å². The number of ether oxygens (including phenoxy) is 2. The quantitative estimate of drug-likeness (QED) is 0.619. The van der Waals surface area contributed by atoms with Crippen LogP contribution >= 0.6 is 0 Å². The molecule has 2 aliphatic rings. The smallest absolute Gasteiger partial charge is 0.223 e. The highest BCUT2D eigenvalue weighted by atomic mass is 16.5. The van der Waals surface area contributed by atoms with Gasteiger partial charge in [-0.3, -0.25) is 0 Å². The van der Waals surface area contributed by atoms with Crippen molar-refractivity contribution in [3.8, 4) is 0 Å². The molecule has 2 aliphatic heterocycles. The summed E-state index contributed by atoms with van der Waals surface area (Å²) < 4.78 is 10.6. The number of nitrogens with zero attached hydrogens (tertiary/aromatic N) is 5. The fraction of sp³-hybridized carbons (Fsp3) is 0.778. The molecule has 0 radical (unpaired) electrons. The summed E-state index contributed by atoms with van der Waals surface area (Å²) in [5, 5.41) is 9.85. The molecule has 9 heteroatoms. The second-order valence-corrected chi connectivity index (χ2v) is 7.40. The van der Waals surface area contributed by atoms with Crippen LogP contribution in [0.5, 0.6) is 0 Å². The second-order valence-electron chi connectivity index (χ2n) is 7.40. The van der Waals surface area contributed by atoms with Crippen molar-refractivity contribution < 1.29 is 14.6 Å². The van der Waals surface area contributed by atoms with E-state index in [0.29, 0.717) is 25.7 Å². The van der Waals surface area contributed by atoms with E-state index in [1.807, 2.05) is 6.07 Å². The van der Waals surface area contributed by atoms with Crippen LogP contribution in [0.25, 0.3) is 0 Å². The highest BCUT2D eigenvalue weighted by molar-refractivity contribution is 5.54. The minimum absolute atomic E-state index is 0.177. The molecular formula is C18H32N6O3. The molecule has 0 bridgehead atoms. The van der Waals surface area contributed by atoms with Crippen molar-refractivity contribution in [1.29, 1.82) is 0 Å². The summed E-state index contributed by atoms with van der Waals surface area (Å²) in [4.78, 5) is 15.5. The molecule has 1 aromatic rings. The third-order valence-electron chi connectivity index (χ3n) is 5.41. The van der Waals surface area contributed by atoms with Gasteiger partial charge in [0.1, 0.15) is 11.6 Å². The van der Waals surface area contributed by atoms with Crippen LogP contribution in [0.1, 0.15) is 0 Å². The lowest BCUT2D eigenvalue weighted by Gasteiger charge is -2.29. The van der Waals surface area contributed by atoms with Crippen LogP contribution in [0, 0.1) is 11.8 Å². The average Bonchev–Trinajstić information content (AvgIpc) is 3.09. The van der Waals surface area contributed by atoms with Gasteiger partial charge >= 0.3 is 0 Å². The molecule has 1 aromatic heterocycles. The van der Waals surface area contributed by atoms with E-state index >= 15 is 0 Å². The van der Waals surface area contributed by atoms with Crippen molar-refractivity contribution in [3.05, 3.63) is 6.07 Å². The van der Waals surface area contributed by atoms with Crippen molar-refractivity contribution >= 4 is 17.6 Å². The summed E-state index contributed by atoms with van der Waals surface area (Å²) in [6.07, 6.45) is 0. The zero-order valence-electron chi connectivity index (χ0n) is 16.4. The van der Waals surface area contributed by atoms with E-state index in [0.717, 1.165) is 50.9 Å². The molecule has 0 saturated carbocycles. The number of methoxy groups -OCH3 is 1. The molecule has 152 valence electrons. The lowest BCUT2D eigenvalue weighted by molar-refractivity contribution is 0.122. The molecule has 0 aromatic carbocycles. The van der Waals surface area contributed by atoms with Crippen LogP contribution < -0.4 is 15.5 Å². The summed E-state index contributed by atoms with van der Waals surface area (Å²) in [6.45, 7) is 7.33. The highest BCUT2D eigenvalue weighted by Crippen LogP contribution is 2.30. The molecular weight excluding hydrogens is 348 g/mol. The zero-order valence-corrected chi connectivity index (χ0v) is 16.4. The second kappa shape index (κ2) is 9.50. The number of rotatable bonds is 8. The molecule has 2 fully saturated rings. The van der Waals surface area contributed by atoms with E-state index < -0.39 is 0 Å². The first-order valence-corrected chi connectivity index (χ1v) is 9.61. The normalized spacial score (nSPS) is 23.4. The minimum atomic E-state index is 0.177. The van der Waals surface area contributed by atoms with E-state index in [-0.39, 0.29) is 18.5 Å². The number of anilines is 3. The first-order valence-electron chi connectivity index (χ1n) is 9.61. The Bertz CT molecular complexity index is 598. The Morgan fingerprint density at radius 3 is 2.56 bits per heavy atom. The van der Waals surface area contributed by atoms with Gasteiger partial charge in [0.15, 0.2) is 0 Å². The van der Waals surface area contributed by atoms with Crippen LogP contribution in [-0.2, 0) is 9.47 Å². The number of aromatic nitrogens is 2. The Morgan fingerprint density at radius 2 is 1.89 bits per heavy atom. The summed E-state index contributed by atoms with van der Waals surface area (Å²) in [5.74, 6) is 2.57. The maximum absolute atomic E-state index is 9.85. The Kier molecular flexibility index (Phi) is 7.06. The van der Waals surface area contributed by atoms with Crippen molar-refractivity contribution in [1.82, 2.24) is 14.9 Å².